The van der Waals surface area contributed by atoms with E-state index in [0.29, 0.717) is 24.9 Å². The Kier molecular flexibility index (Phi) is 5.95. The molecular formula is C18H25FN4O. The molecule has 24 heavy (non-hydrogen) atoms. The Labute approximate surface area is 142 Å². The summed E-state index contributed by atoms with van der Waals surface area (Å²) in [6.07, 6.45) is 2.55. The zero-order valence-electron chi connectivity index (χ0n) is 14.7. The van der Waals surface area contributed by atoms with Crippen LogP contribution < -0.4 is 10.6 Å². The van der Waals surface area contributed by atoms with E-state index in [2.05, 4.69) is 41.4 Å². The minimum Gasteiger partial charge on any atom is -0.443 e. The van der Waals surface area contributed by atoms with Gasteiger partial charge in [0.05, 0.1) is 12.7 Å². The minimum absolute atomic E-state index is 0.0552. The number of oxazole rings is 1. The number of halogens is 1. The van der Waals surface area contributed by atoms with Crippen LogP contribution in [0.15, 0.2) is 39.9 Å². The fourth-order valence-electron chi connectivity index (χ4n) is 2.09. The average molecular weight is 332 g/mol. The van der Waals surface area contributed by atoms with Crippen LogP contribution in [-0.4, -0.2) is 24.5 Å². The molecule has 2 aromatic rings. The number of hydrogen-bond donors (Lipinski definition) is 2. The zero-order chi connectivity index (χ0) is 17.6. The van der Waals surface area contributed by atoms with Crippen molar-refractivity contribution >= 4 is 5.96 Å². The van der Waals surface area contributed by atoms with Gasteiger partial charge in [-0.2, -0.15) is 0 Å². The molecule has 130 valence electrons. The maximum Gasteiger partial charge on any atom is 0.213 e. The van der Waals surface area contributed by atoms with Crippen LogP contribution in [0.25, 0.3) is 0 Å². The lowest BCUT2D eigenvalue weighted by molar-refractivity contribution is 0.379. The number of aromatic nitrogens is 1. The SMILES string of the molecule is CN=C(NCCc1ccc(F)cc1)NCc1ncc(C(C)(C)C)o1. The normalized spacial score (nSPS) is 12.3. The summed E-state index contributed by atoms with van der Waals surface area (Å²) in [6, 6.07) is 6.51. The molecule has 0 aliphatic rings. The molecule has 1 aromatic carbocycles. The van der Waals surface area contributed by atoms with Crippen molar-refractivity contribution in [3.05, 3.63) is 53.5 Å². The third-order valence-electron chi connectivity index (χ3n) is 3.54. The molecule has 0 amide bonds. The van der Waals surface area contributed by atoms with Crippen molar-refractivity contribution < 1.29 is 8.81 Å². The van der Waals surface area contributed by atoms with Gasteiger partial charge in [0, 0.05) is 19.0 Å². The number of hydrogen-bond acceptors (Lipinski definition) is 3. The Bertz CT molecular complexity index is 671. The summed E-state index contributed by atoms with van der Waals surface area (Å²) in [7, 11) is 1.71. The van der Waals surface area contributed by atoms with Crippen molar-refractivity contribution in [2.75, 3.05) is 13.6 Å². The van der Waals surface area contributed by atoms with Crippen molar-refractivity contribution in [2.24, 2.45) is 4.99 Å². The van der Waals surface area contributed by atoms with Gasteiger partial charge in [0.1, 0.15) is 11.6 Å². The number of rotatable bonds is 5. The second kappa shape index (κ2) is 7.95. The molecule has 0 radical (unpaired) electrons. The first-order chi connectivity index (χ1) is 11.4. The van der Waals surface area contributed by atoms with Crippen LogP contribution in [0.2, 0.25) is 0 Å². The lowest BCUT2D eigenvalue weighted by Crippen LogP contribution is -2.37. The highest BCUT2D eigenvalue weighted by atomic mass is 19.1. The second-order valence-corrected chi connectivity index (χ2v) is 6.60. The molecule has 1 heterocycles. The quantitative estimate of drug-likeness (QED) is 0.653. The summed E-state index contributed by atoms with van der Waals surface area (Å²) in [4.78, 5) is 8.45. The first-order valence-corrected chi connectivity index (χ1v) is 8.02. The Morgan fingerprint density at radius 3 is 2.50 bits per heavy atom. The summed E-state index contributed by atoms with van der Waals surface area (Å²) < 4.78 is 18.6. The lowest BCUT2D eigenvalue weighted by Gasteiger charge is -2.13. The molecule has 1 aromatic heterocycles. The maximum absolute atomic E-state index is 12.9. The van der Waals surface area contributed by atoms with Gasteiger partial charge in [0.2, 0.25) is 5.89 Å². The smallest absolute Gasteiger partial charge is 0.213 e. The average Bonchev–Trinajstić information content (AvgIpc) is 3.01. The van der Waals surface area contributed by atoms with E-state index in [4.69, 9.17) is 4.42 Å². The van der Waals surface area contributed by atoms with E-state index in [1.165, 1.54) is 12.1 Å². The van der Waals surface area contributed by atoms with Gasteiger partial charge < -0.3 is 15.1 Å². The highest BCUT2D eigenvalue weighted by Crippen LogP contribution is 2.22. The van der Waals surface area contributed by atoms with Gasteiger partial charge in [-0.25, -0.2) is 9.37 Å². The molecule has 5 nitrogen and oxygen atoms in total. The molecule has 2 rings (SSSR count). The summed E-state index contributed by atoms with van der Waals surface area (Å²) >= 11 is 0. The maximum atomic E-state index is 12.9. The molecule has 0 spiro atoms. The van der Waals surface area contributed by atoms with E-state index in [-0.39, 0.29) is 11.2 Å². The molecular weight excluding hydrogens is 307 g/mol. The van der Waals surface area contributed by atoms with Gasteiger partial charge in [-0.1, -0.05) is 32.9 Å². The van der Waals surface area contributed by atoms with E-state index in [1.807, 2.05) is 0 Å². The predicted octanol–water partition coefficient (Wildman–Crippen LogP) is 3.02. The van der Waals surface area contributed by atoms with Crippen LogP contribution in [0.5, 0.6) is 0 Å². The molecule has 0 aliphatic carbocycles. The van der Waals surface area contributed by atoms with Gasteiger partial charge in [-0.15, -0.1) is 0 Å². The van der Waals surface area contributed by atoms with E-state index in [9.17, 15) is 4.39 Å². The van der Waals surface area contributed by atoms with Gasteiger partial charge in [0.15, 0.2) is 5.96 Å². The molecule has 0 bridgehead atoms. The van der Waals surface area contributed by atoms with Crippen LogP contribution in [0.4, 0.5) is 4.39 Å². The number of guanidine groups is 1. The van der Waals surface area contributed by atoms with Crippen molar-refractivity contribution in [3.8, 4) is 0 Å². The zero-order valence-corrected chi connectivity index (χ0v) is 14.7. The third kappa shape index (κ3) is 5.37. The standard InChI is InChI=1S/C18H25FN4O/c1-18(2,3)15-11-22-16(24-15)12-23-17(20-4)21-10-9-13-5-7-14(19)8-6-13/h5-8,11H,9-10,12H2,1-4H3,(H2,20,21,23). The Morgan fingerprint density at radius 2 is 1.92 bits per heavy atom. The topological polar surface area (TPSA) is 62.5 Å². The molecule has 0 fully saturated rings. The minimum atomic E-state index is -0.218. The van der Waals surface area contributed by atoms with Gasteiger partial charge in [-0.3, -0.25) is 4.99 Å². The van der Waals surface area contributed by atoms with E-state index < -0.39 is 0 Å². The monoisotopic (exact) mass is 332 g/mol. The van der Waals surface area contributed by atoms with E-state index in [0.717, 1.165) is 17.7 Å². The van der Waals surface area contributed by atoms with Crippen LogP contribution in [0, 0.1) is 5.82 Å². The predicted molar refractivity (Wildman–Crippen MR) is 93.5 cm³/mol. The van der Waals surface area contributed by atoms with Gasteiger partial charge >= 0.3 is 0 Å². The second-order valence-electron chi connectivity index (χ2n) is 6.60. The molecule has 0 atom stereocenters. The summed E-state index contributed by atoms with van der Waals surface area (Å²) in [6.45, 7) is 7.42. The molecule has 0 saturated carbocycles. The summed E-state index contributed by atoms with van der Waals surface area (Å²) in [5.74, 6) is 1.94. The Hall–Kier alpha value is -2.37. The van der Waals surface area contributed by atoms with E-state index >= 15 is 0 Å². The Balaban J connectivity index is 1.78. The first kappa shape index (κ1) is 18.0. The van der Waals surface area contributed by atoms with Crippen LogP contribution in [-0.2, 0) is 18.4 Å². The number of benzene rings is 1. The van der Waals surface area contributed by atoms with Crippen LogP contribution in [0.1, 0.15) is 38.0 Å². The highest BCUT2D eigenvalue weighted by Gasteiger charge is 2.19. The largest absolute Gasteiger partial charge is 0.443 e. The molecule has 0 unspecified atom stereocenters. The highest BCUT2D eigenvalue weighted by molar-refractivity contribution is 5.79. The van der Waals surface area contributed by atoms with Crippen molar-refractivity contribution in [2.45, 2.75) is 39.2 Å². The van der Waals surface area contributed by atoms with Crippen LogP contribution >= 0.6 is 0 Å². The van der Waals surface area contributed by atoms with Crippen molar-refractivity contribution in [3.63, 3.8) is 0 Å². The van der Waals surface area contributed by atoms with Gasteiger partial charge in [0.25, 0.3) is 0 Å². The number of aliphatic imine (C=N–C) groups is 1. The molecule has 0 aliphatic heterocycles. The van der Waals surface area contributed by atoms with E-state index in [1.54, 1.807) is 25.4 Å². The fraction of sp³-hybridized carbons (Fsp3) is 0.444. The van der Waals surface area contributed by atoms with Crippen molar-refractivity contribution in [1.29, 1.82) is 0 Å². The molecule has 0 saturated heterocycles. The summed E-state index contributed by atoms with van der Waals surface area (Å²) in [5.41, 5.74) is 1.02. The molecule has 2 N–H and O–H groups in total. The lowest BCUT2D eigenvalue weighted by atomic mass is 9.94. The first-order valence-electron chi connectivity index (χ1n) is 8.02. The third-order valence-corrected chi connectivity index (χ3v) is 3.54. The Morgan fingerprint density at radius 1 is 1.21 bits per heavy atom. The van der Waals surface area contributed by atoms with Crippen LogP contribution in [0.3, 0.4) is 0 Å². The van der Waals surface area contributed by atoms with Crippen molar-refractivity contribution in [1.82, 2.24) is 15.6 Å². The fourth-order valence-corrected chi connectivity index (χ4v) is 2.09. The summed E-state index contributed by atoms with van der Waals surface area (Å²) in [5, 5.41) is 6.38. The number of nitrogens with zero attached hydrogens (tertiary/aromatic N) is 2. The number of nitrogens with one attached hydrogen (secondary N) is 2. The van der Waals surface area contributed by atoms with Gasteiger partial charge in [-0.05, 0) is 24.1 Å². The molecule has 6 heteroatoms.